The number of piperidine rings is 1. The first-order valence-electron chi connectivity index (χ1n) is 6.57. The highest BCUT2D eigenvalue weighted by Gasteiger charge is 2.28. The smallest absolute Gasteiger partial charge is 0.113 e. The quantitative estimate of drug-likeness (QED) is 0.917. The Bertz CT molecular complexity index is 389. The van der Waals surface area contributed by atoms with Gasteiger partial charge in [0.15, 0.2) is 0 Å². The number of hydrogen-bond donors (Lipinski definition) is 1. The molecule has 2 atom stereocenters. The van der Waals surface area contributed by atoms with Crippen LogP contribution in [0.25, 0.3) is 0 Å². The molecule has 4 heteroatoms. The van der Waals surface area contributed by atoms with Crippen LogP contribution in [0, 0.1) is 0 Å². The summed E-state index contributed by atoms with van der Waals surface area (Å²) in [5, 5.41) is 3.41. The van der Waals surface area contributed by atoms with Gasteiger partial charge >= 0.3 is 0 Å². The Morgan fingerprint density at radius 2 is 2.33 bits per heavy atom. The largest absolute Gasteiger partial charge is 0.314 e. The van der Waals surface area contributed by atoms with Crippen LogP contribution >= 0.6 is 15.9 Å². The van der Waals surface area contributed by atoms with Crippen LogP contribution in [0.5, 0.6) is 0 Å². The van der Waals surface area contributed by atoms with Gasteiger partial charge in [0.2, 0.25) is 0 Å². The van der Waals surface area contributed by atoms with Crippen molar-refractivity contribution in [2.45, 2.75) is 50.7 Å². The molecule has 0 saturated carbocycles. The number of nitrogens with zero attached hydrogens (tertiary/aromatic N) is 1. The fourth-order valence-electron chi connectivity index (χ4n) is 2.66. The zero-order valence-corrected chi connectivity index (χ0v) is 12.3. The third-order valence-corrected chi connectivity index (χ3v) is 3.85. The lowest BCUT2D eigenvalue weighted by Crippen LogP contribution is -2.40. The van der Waals surface area contributed by atoms with Gasteiger partial charge in [-0.15, -0.1) is 0 Å². The first-order valence-corrected chi connectivity index (χ1v) is 7.36. The Balaban J connectivity index is 1.93. The summed E-state index contributed by atoms with van der Waals surface area (Å²) < 4.78 is 15.5. The Kier molecular flexibility index (Phi) is 4.73. The van der Waals surface area contributed by atoms with Crippen LogP contribution in [0.15, 0.2) is 22.9 Å². The third-order valence-electron chi connectivity index (χ3n) is 3.42. The van der Waals surface area contributed by atoms with E-state index in [1.165, 1.54) is 12.8 Å². The standard InChI is InChI=1S/C14H20BrFN2/c1-14(16,8-13-4-2-3-5-18-13)7-11-6-12(15)10-17-9-11/h6,9-10,13,18H,2-5,7-8H2,1H3. The van der Waals surface area contributed by atoms with Gasteiger partial charge in [-0.1, -0.05) is 6.42 Å². The first-order chi connectivity index (χ1) is 8.55. The van der Waals surface area contributed by atoms with Gasteiger partial charge in [0.1, 0.15) is 5.67 Å². The zero-order valence-electron chi connectivity index (χ0n) is 10.8. The van der Waals surface area contributed by atoms with Gasteiger partial charge in [0.25, 0.3) is 0 Å². The SMILES string of the molecule is CC(F)(Cc1cncc(Br)c1)CC1CCCCN1. The summed E-state index contributed by atoms with van der Waals surface area (Å²) >= 11 is 3.37. The summed E-state index contributed by atoms with van der Waals surface area (Å²) in [6, 6.07) is 2.27. The predicted molar refractivity (Wildman–Crippen MR) is 75.4 cm³/mol. The molecule has 0 aliphatic carbocycles. The Morgan fingerprint density at radius 1 is 1.50 bits per heavy atom. The van der Waals surface area contributed by atoms with Crippen molar-refractivity contribution in [3.63, 3.8) is 0 Å². The normalized spacial score (nSPS) is 23.6. The maximum atomic E-state index is 14.6. The molecule has 0 spiro atoms. The second-order valence-corrected chi connectivity index (χ2v) is 6.37. The van der Waals surface area contributed by atoms with E-state index in [1.807, 2.05) is 6.07 Å². The summed E-state index contributed by atoms with van der Waals surface area (Å²) in [4.78, 5) is 4.09. The Hall–Kier alpha value is -0.480. The van der Waals surface area contributed by atoms with Crippen molar-refractivity contribution < 1.29 is 4.39 Å². The van der Waals surface area contributed by atoms with E-state index in [2.05, 4.69) is 26.2 Å². The van der Waals surface area contributed by atoms with Crippen LogP contribution in [0.1, 0.15) is 38.2 Å². The zero-order chi connectivity index (χ0) is 13.0. The van der Waals surface area contributed by atoms with Crippen LogP contribution < -0.4 is 5.32 Å². The van der Waals surface area contributed by atoms with Crippen LogP contribution in [0.3, 0.4) is 0 Å². The number of nitrogens with one attached hydrogen (secondary N) is 1. The number of pyridine rings is 1. The molecule has 2 nitrogen and oxygen atoms in total. The molecule has 0 radical (unpaired) electrons. The molecule has 0 amide bonds. The highest BCUT2D eigenvalue weighted by molar-refractivity contribution is 9.10. The van der Waals surface area contributed by atoms with E-state index in [9.17, 15) is 4.39 Å². The number of aromatic nitrogens is 1. The molecule has 1 aliphatic heterocycles. The fraction of sp³-hybridized carbons (Fsp3) is 0.643. The molecular weight excluding hydrogens is 295 g/mol. The van der Waals surface area contributed by atoms with Crippen molar-refractivity contribution in [3.05, 3.63) is 28.5 Å². The molecule has 2 rings (SSSR count). The maximum Gasteiger partial charge on any atom is 0.113 e. The molecule has 100 valence electrons. The fourth-order valence-corrected chi connectivity index (χ4v) is 3.07. The first kappa shape index (κ1) is 13.9. The van der Waals surface area contributed by atoms with E-state index in [1.54, 1.807) is 19.3 Å². The van der Waals surface area contributed by atoms with Crippen LogP contribution in [-0.4, -0.2) is 23.2 Å². The molecule has 1 aromatic heterocycles. The average molecular weight is 315 g/mol. The average Bonchev–Trinajstić information content (AvgIpc) is 2.28. The summed E-state index contributed by atoms with van der Waals surface area (Å²) in [5.74, 6) is 0. The van der Waals surface area contributed by atoms with Crippen molar-refractivity contribution in [2.75, 3.05) is 6.54 Å². The van der Waals surface area contributed by atoms with E-state index in [0.29, 0.717) is 18.9 Å². The lowest BCUT2D eigenvalue weighted by atomic mass is 9.89. The predicted octanol–water partition coefficient (Wildman–Crippen LogP) is 3.65. The van der Waals surface area contributed by atoms with Crippen molar-refractivity contribution in [1.29, 1.82) is 0 Å². The molecule has 18 heavy (non-hydrogen) atoms. The highest BCUT2D eigenvalue weighted by Crippen LogP contribution is 2.26. The third kappa shape index (κ3) is 4.32. The summed E-state index contributed by atoms with van der Waals surface area (Å²) in [6.07, 6.45) is 8.01. The Morgan fingerprint density at radius 3 is 3.00 bits per heavy atom. The van der Waals surface area contributed by atoms with E-state index in [4.69, 9.17) is 0 Å². The highest BCUT2D eigenvalue weighted by atomic mass is 79.9. The number of alkyl halides is 1. The van der Waals surface area contributed by atoms with Gasteiger partial charge < -0.3 is 5.32 Å². The summed E-state index contributed by atoms with van der Waals surface area (Å²) in [7, 11) is 0. The lowest BCUT2D eigenvalue weighted by Gasteiger charge is -2.30. The van der Waals surface area contributed by atoms with Crippen molar-refractivity contribution in [1.82, 2.24) is 10.3 Å². The van der Waals surface area contributed by atoms with E-state index >= 15 is 0 Å². The second kappa shape index (κ2) is 6.11. The maximum absolute atomic E-state index is 14.6. The van der Waals surface area contributed by atoms with Gasteiger partial charge in [0, 0.05) is 29.3 Å². The van der Waals surface area contributed by atoms with Crippen molar-refractivity contribution in [2.24, 2.45) is 0 Å². The topological polar surface area (TPSA) is 24.9 Å². The molecular formula is C14H20BrFN2. The van der Waals surface area contributed by atoms with Gasteiger partial charge in [-0.05, 0) is 60.3 Å². The molecule has 1 fully saturated rings. The van der Waals surface area contributed by atoms with Crippen LogP contribution in [0.4, 0.5) is 4.39 Å². The minimum atomic E-state index is -1.17. The minimum absolute atomic E-state index is 0.328. The van der Waals surface area contributed by atoms with Crippen LogP contribution in [-0.2, 0) is 6.42 Å². The monoisotopic (exact) mass is 314 g/mol. The molecule has 1 aliphatic rings. The molecule has 2 heterocycles. The number of rotatable bonds is 4. The molecule has 0 aromatic carbocycles. The number of hydrogen-bond acceptors (Lipinski definition) is 2. The summed E-state index contributed by atoms with van der Waals surface area (Å²) in [5.41, 5.74) is -0.220. The van der Waals surface area contributed by atoms with Gasteiger partial charge in [-0.25, -0.2) is 4.39 Å². The minimum Gasteiger partial charge on any atom is -0.314 e. The van der Waals surface area contributed by atoms with E-state index < -0.39 is 5.67 Å². The van der Waals surface area contributed by atoms with E-state index in [0.717, 1.165) is 23.0 Å². The van der Waals surface area contributed by atoms with Crippen LogP contribution in [0.2, 0.25) is 0 Å². The van der Waals surface area contributed by atoms with Gasteiger partial charge in [0.05, 0.1) is 0 Å². The second-order valence-electron chi connectivity index (χ2n) is 5.45. The molecule has 1 aromatic rings. The molecule has 2 unspecified atom stereocenters. The van der Waals surface area contributed by atoms with Crippen molar-refractivity contribution >= 4 is 15.9 Å². The number of halogens is 2. The van der Waals surface area contributed by atoms with E-state index in [-0.39, 0.29) is 0 Å². The van der Waals surface area contributed by atoms with Crippen molar-refractivity contribution in [3.8, 4) is 0 Å². The molecule has 1 saturated heterocycles. The molecule has 0 bridgehead atoms. The Labute approximate surface area is 117 Å². The summed E-state index contributed by atoms with van der Waals surface area (Å²) in [6.45, 7) is 2.73. The van der Waals surface area contributed by atoms with Gasteiger partial charge in [-0.3, -0.25) is 4.98 Å². The lowest BCUT2D eigenvalue weighted by molar-refractivity contribution is 0.145. The molecule has 1 N–H and O–H groups in total. The van der Waals surface area contributed by atoms with Gasteiger partial charge in [-0.2, -0.15) is 0 Å².